The van der Waals surface area contributed by atoms with Gasteiger partial charge < -0.3 is 15.8 Å². The molecule has 0 bridgehead atoms. The highest BCUT2D eigenvalue weighted by atomic mass is 79.9. The van der Waals surface area contributed by atoms with E-state index in [9.17, 15) is 0 Å². The molecule has 266 valence electrons. The van der Waals surface area contributed by atoms with Crippen LogP contribution in [0.4, 0.5) is 0 Å². The van der Waals surface area contributed by atoms with Crippen LogP contribution in [0.2, 0.25) is 0 Å². The number of benzene rings is 4. The van der Waals surface area contributed by atoms with Crippen molar-refractivity contribution in [2.24, 2.45) is 0 Å². The lowest BCUT2D eigenvalue weighted by molar-refractivity contribution is -0.603. The van der Waals surface area contributed by atoms with Crippen molar-refractivity contribution in [3.05, 3.63) is 125 Å². The fraction of sp³-hybridized carbons (Fsp3) is 0.357. The van der Waals surface area contributed by atoms with Crippen LogP contribution in [-0.2, 0) is 6.32 Å². The quantitative estimate of drug-likeness (QED) is 0.0838. The van der Waals surface area contributed by atoms with Crippen LogP contribution in [0.25, 0.3) is 22.5 Å². The molecule has 6 rings (SSSR count). The standard InChI is InChI=1S/C40H46BBrN2.2CH2Cl2/c1-26(2)30-17-13-18-31(27(3)4)39(30)43-23-24-44(40-32(28(5)6)19-14-20-33(40)29(7)8)38(43)25-41(42)36-21-11-9-15-34(36)35-16-10-12-22-37(35)41;2*2-1-3/h9-24,26-29H,25H2,1-8H3;2*1H2. The van der Waals surface area contributed by atoms with Crippen LogP contribution in [0.15, 0.2) is 97.3 Å². The van der Waals surface area contributed by atoms with Gasteiger partial charge in [0.2, 0.25) is 5.82 Å². The maximum Gasteiger partial charge on any atom is 0.232 e. The van der Waals surface area contributed by atoms with Crippen molar-refractivity contribution >= 4 is 78.1 Å². The Morgan fingerprint density at radius 3 is 1.36 bits per heavy atom. The summed E-state index contributed by atoms with van der Waals surface area (Å²) in [5.41, 5.74) is 13.7. The van der Waals surface area contributed by atoms with Gasteiger partial charge in [0.25, 0.3) is 0 Å². The van der Waals surface area contributed by atoms with Crippen molar-refractivity contribution in [1.29, 1.82) is 0 Å². The van der Waals surface area contributed by atoms with Gasteiger partial charge in [-0.25, -0.2) is 9.13 Å². The number of para-hydroxylation sites is 2. The Balaban J connectivity index is 0.000000875. The lowest BCUT2D eigenvalue weighted by Gasteiger charge is -2.32. The van der Waals surface area contributed by atoms with Crippen LogP contribution in [0.3, 0.4) is 0 Å². The molecule has 0 unspecified atom stereocenters. The fourth-order valence-electron chi connectivity index (χ4n) is 7.53. The number of rotatable bonds is 8. The zero-order valence-electron chi connectivity index (χ0n) is 30.5. The van der Waals surface area contributed by atoms with Gasteiger partial charge in [-0.15, -0.1) is 46.4 Å². The van der Waals surface area contributed by atoms with Crippen molar-refractivity contribution < 1.29 is 4.57 Å². The predicted octanol–water partition coefficient (Wildman–Crippen LogP) is 12.3. The minimum Gasteiger partial charge on any atom is -0.343 e. The van der Waals surface area contributed by atoms with Gasteiger partial charge in [0.15, 0.2) is 0 Å². The average Bonchev–Trinajstić information content (AvgIpc) is 3.60. The van der Waals surface area contributed by atoms with Crippen LogP contribution in [0, 0.1) is 0 Å². The summed E-state index contributed by atoms with van der Waals surface area (Å²) in [6.45, 7) is 18.6. The highest BCUT2D eigenvalue weighted by Crippen LogP contribution is 2.37. The second kappa shape index (κ2) is 18.0. The Labute approximate surface area is 329 Å². The Bertz CT molecular complexity index is 1700. The number of fused-ring (bicyclic) bond motifs is 3. The highest BCUT2D eigenvalue weighted by Gasteiger charge is 2.39. The normalized spacial score (nSPS) is 12.8. The monoisotopic (exact) mass is 812 g/mol. The maximum atomic E-state index is 4.76. The molecule has 5 aromatic rings. The third-order valence-electron chi connectivity index (χ3n) is 9.75. The summed E-state index contributed by atoms with van der Waals surface area (Å²) in [5.74, 6) is 2.91. The van der Waals surface area contributed by atoms with Gasteiger partial charge in [-0.05, 0) is 23.7 Å². The first-order chi connectivity index (χ1) is 23.9. The van der Waals surface area contributed by atoms with Gasteiger partial charge in [-0.3, -0.25) is 0 Å². The van der Waals surface area contributed by atoms with Crippen molar-refractivity contribution in [1.82, 2.24) is 4.57 Å². The van der Waals surface area contributed by atoms with Crippen molar-refractivity contribution in [2.75, 3.05) is 10.7 Å². The summed E-state index contributed by atoms with van der Waals surface area (Å²) < 4.78 is 5.08. The molecule has 0 saturated carbocycles. The zero-order chi connectivity index (χ0) is 36.7. The number of nitrogens with zero attached hydrogens (tertiary/aromatic N) is 2. The summed E-state index contributed by atoms with van der Waals surface area (Å²) in [6, 6.07) is 31.8. The van der Waals surface area contributed by atoms with E-state index in [4.69, 9.17) is 46.4 Å². The first kappa shape index (κ1) is 40.6. The Morgan fingerprint density at radius 2 is 0.960 bits per heavy atom. The molecule has 0 atom stereocenters. The summed E-state index contributed by atoms with van der Waals surface area (Å²) >= 11 is 23.6. The highest BCUT2D eigenvalue weighted by molar-refractivity contribution is 9.27. The Morgan fingerprint density at radius 1 is 0.580 bits per heavy atom. The lowest BCUT2D eigenvalue weighted by Crippen LogP contribution is -2.55. The number of alkyl halides is 4. The summed E-state index contributed by atoms with van der Waals surface area (Å²) in [5, 5.41) is 0.389. The van der Waals surface area contributed by atoms with E-state index in [1.807, 2.05) is 0 Å². The SMILES string of the molecule is CC(C)c1cccc(C(C)C)c1-n1cc[n+](-c2c(C(C)C)cccc2C(C)C)c1C[B-]1(Br)c2ccccc2-c2ccccc21.ClCCl.ClCCl. The van der Waals surface area contributed by atoms with Gasteiger partial charge in [-0.1, -0.05) is 158 Å². The molecule has 0 N–H and O–H groups in total. The molecular weight excluding hydrogens is 765 g/mol. The zero-order valence-corrected chi connectivity index (χ0v) is 35.1. The smallest absolute Gasteiger partial charge is 0.232 e. The predicted molar refractivity (Wildman–Crippen MR) is 226 cm³/mol. The molecule has 2 heterocycles. The topological polar surface area (TPSA) is 8.81 Å². The largest absolute Gasteiger partial charge is 0.343 e. The van der Waals surface area contributed by atoms with E-state index < -0.39 is 4.97 Å². The molecule has 1 aromatic heterocycles. The molecule has 8 heteroatoms. The van der Waals surface area contributed by atoms with Gasteiger partial charge in [0.1, 0.15) is 28.7 Å². The van der Waals surface area contributed by atoms with E-state index in [0.29, 0.717) is 23.7 Å². The molecule has 1 aliphatic heterocycles. The second-order valence-electron chi connectivity index (χ2n) is 14.1. The van der Waals surface area contributed by atoms with Crippen molar-refractivity contribution in [2.45, 2.75) is 85.4 Å². The van der Waals surface area contributed by atoms with Gasteiger partial charge in [0.05, 0.1) is 10.7 Å². The number of hydrogen-bond acceptors (Lipinski definition) is 0. The van der Waals surface area contributed by atoms with E-state index in [0.717, 1.165) is 6.32 Å². The van der Waals surface area contributed by atoms with E-state index in [-0.39, 0.29) is 10.7 Å². The molecule has 50 heavy (non-hydrogen) atoms. The Hall–Kier alpha value is -2.21. The molecule has 0 radical (unpaired) electrons. The molecule has 4 aromatic carbocycles. The average molecular weight is 815 g/mol. The summed E-state index contributed by atoms with van der Waals surface area (Å²) in [6.07, 6.45) is 5.53. The molecule has 0 spiro atoms. The van der Waals surface area contributed by atoms with Crippen LogP contribution >= 0.6 is 62.2 Å². The van der Waals surface area contributed by atoms with E-state index in [1.54, 1.807) is 0 Å². The molecule has 1 aliphatic rings. The number of imidazole rings is 1. The van der Waals surface area contributed by atoms with E-state index >= 15 is 0 Å². The summed E-state index contributed by atoms with van der Waals surface area (Å²) in [4.78, 5) is -1.27. The summed E-state index contributed by atoms with van der Waals surface area (Å²) in [7, 11) is 0. The molecule has 2 nitrogen and oxygen atoms in total. The third kappa shape index (κ3) is 8.21. The van der Waals surface area contributed by atoms with E-state index in [1.165, 1.54) is 61.5 Å². The Kier molecular flexibility index (Phi) is 14.6. The molecule has 0 aliphatic carbocycles. The maximum absolute atomic E-state index is 4.76. The van der Waals surface area contributed by atoms with Crippen LogP contribution in [0.5, 0.6) is 0 Å². The van der Waals surface area contributed by atoms with Crippen molar-refractivity contribution in [3.8, 4) is 22.5 Å². The van der Waals surface area contributed by atoms with Gasteiger partial charge in [-0.2, -0.15) is 10.9 Å². The van der Waals surface area contributed by atoms with Crippen molar-refractivity contribution in [3.63, 3.8) is 0 Å². The number of hydrogen-bond donors (Lipinski definition) is 0. The van der Waals surface area contributed by atoms with Crippen LogP contribution in [-0.4, -0.2) is 20.2 Å². The van der Waals surface area contributed by atoms with Gasteiger partial charge >= 0.3 is 0 Å². The number of aromatic nitrogens is 2. The lowest BCUT2D eigenvalue weighted by atomic mass is 9.40. The fourth-order valence-corrected chi connectivity index (χ4v) is 8.61. The number of halogens is 5. The second-order valence-corrected chi connectivity index (χ2v) is 17.3. The third-order valence-corrected chi connectivity index (χ3v) is 11.1. The first-order valence-corrected chi connectivity index (χ1v) is 20.6. The molecular formula is C42H50BBrCl4N2. The molecule has 0 saturated heterocycles. The molecule has 0 fully saturated rings. The van der Waals surface area contributed by atoms with Crippen LogP contribution in [0.1, 0.15) is 107 Å². The minimum absolute atomic E-state index is 0.194. The van der Waals surface area contributed by atoms with E-state index in [2.05, 4.69) is 178 Å². The minimum atomic E-state index is -1.27. The first-order valence-electron chi connectivity index (χ1n) is 17.5. The molecule has 0 amide bonds. The van der Waals surface area contributed by atoms with Gasteiger partial charge in [0, 0.05) is 22.3 Å². The van der Waals surface area contributed by atoms with Crippen LogP contribution < -0.4 is 15.5 Å².